The molecule has 84 valence electrons. The van der Waals surface area contributed by atoms with Crippen LogP contribution >= 0.6 is 0 Å². The maximum atomic E-state index is 11.2. The number of nitrogens with two attached hydrogens (primary N) is 1. The van der Waals surface area contributed by atoms with E-state index < -0.39 is 0 Å². The molecular weight excluding hydrogens is 190 g/mol. The Labute approximate surface area is 91.2 Å². The average molecular weight is 209 g/mol. The molecule has 0 fully saturated rings. The number of hydrogen-bond acceptors (Lipinski definition) is 3. The van der Waals surface area contributed by atoms with Gasteiger partial charge < -0.3 is 10.5 Å². The van der Waals surface area contributed by atoms with Crippen molar-refractivity contribution in [3.63, 3.8) is 0 Å². The van der Waals surface area contributed by atoms with E-state index in [0.29, 0.717) is 5.56 Å². The van der Waals surface area contributed by atoms with Gasteiger partial charge in [0.1, 0.15) is 0 Å². The minimum absolute atomic E-state index is 0.264. The smallest absolute Gasteiger partial charge is 0.338 e. The van der Waals surface area contributed by atoms with E-state index in [-0.39, 0.29) is 5.97 Å². The zero-order chi connectivity index (χ0) is 11.8. The van der Waals surface area contributed by atoms with E-state index in [1.54, 1.807) is 0 Å². The predicted octanol–water partition coefficient (Wildman–Crippen LogP) is 1.92. The van der Waals surface area contributed by atoms with Crippen molar-refractivity contribution in [1.29, 1.82) is 0 Å². The van der Waals surface area contributed by atoms with E-state index in [9.17, 15) is 4.79 Å². The number of aryl methyl sites for hydroxylation is 2. The van der Waals surface area contributed by atoms with Crippen LogP contribution in [0.2, 0.25) is 0 Å². The second-order valence-electron chi connectivity index (χ2n) is 2.99. The molecule has 0 atom stereocenters. The summed E-state index contributed by atoms with van der Waals surface area (Å²) < 4.78 is 4.65. The van der Waals surface area contributed by atoms with Gasteiger partial charge in [-0.1, -0.05) is 19.1 Å². The topological polar surface area (TPSA) is 52.3 Å². The number of esters is 1. The molecule has 3 nitrogen and oxygen atoms in total. The standard InChI is InChI=1S/C11H14O2.CH5N/c1-4-9-5-6-10(8(2)7-9)11(12)13-3;1-2/h5-7H,4H2,1-3H3;2H2,1H3. The summed E-state index contributed by atoms with van der Waals surface area (Å²) >= 11 is 0. The SMILES string of the molecule is CCc1ccc(C(=O)OC)c(C)c1.CN. The summed E-state index contributed by atoms with van der Waals surface area (Å²) in [7, 11) is 2.90. The molecule has 3 heteroatoms. The molecule has 0 heterocycles. The maximum Gasteiger partial charge on any atom is 0.338 e. The van der Waals surface area contributed by atoms with Crippen LogP contribution < -0.4 is 5.73 Å². The van der Waals surface area contributed by atoms with E-state index in [2.05, 4.69) is 17.4 Å². The van der Waals surface area contributed by atoms with Gasteiger partial charge in [0.05, 0.1) is 12.7 Å². The first kappa shape index (κ1) is 13.7. The van der Waals surface area contributed by atoms with E-state index in [0.717, 1.165) is 12.0 Å². The fourth-order valence-electron chi connectivity index (χ4n) is 1.28. The largest absolute Gasteiger partial charge is 0.465 e. The molecule has 1 rings (SSSR count). The molecule has 0 spiro atoms. The fraction of sp³-hybridized carbons (Fsp3) is 0.417. The van der Waals surface area contributed by atoms with Crippen LogP contribution in [-0.2, 0) is 11.2 Å². The van der Waals surface area contributed by atoms with Crippen molar-refractivity contribution < 1.29 is 9.53 Å². The summed E-state index contributed by atoms with van der Waals surface area (Å²) in [5.41, 5.74) is 7.37. The zero-order valence-corrected chi connectivity index (χ0v) is 9.83. The lowest BCUT2D eigenvalue weighted by Crippen LogP contribution is -2.03. The zero-order valence-electron chi connectivity index (χ0n) is 9.83. The van der Waals surface area contributed by atoms with Crippen LogP contribution in [0, 0.1) is 6.92 Å². The molecular formula is C12H19NO2. The van der Waals surface area contributed by atoms with Crippen LogP contribution in [0.4, 0.5) is 0 Å². The molecule has 0 saturated heterocycles. The quantitative estimate of drug-likeness (QED) is 0.757. The Morgan fingerprint density at radius 3 is 2.40 bits per heavy atom. The fourth-order valence-corrected chi connectivity index (χ4v) is 1.28. The number of methoxy groups -OCH3 is 1. The van der Waals surface area contributed by atoms with Crippen molar-refractivity contribution in [2.45, 2.75) is 20.3 Å². The van der Waals surface area contributed by atoms with Crippen LogP contribution in [0.5, 0.6) is 0 Å². The van der Waals surface area contributed by atoms with Crippen molar-refractivity contribution in [2.24, 2.45) is 5.73 Å². The summed E-state index contributed by atoms with van der Waals surface area (Å²) in [6, 6.07) is 5.80. The monoisotopic (exact) mass is 209 g/mol. The van der Waals surface area contributed by atoms with Crippen molar-refractivity contribution in [3.8, 4) is 0 Å². The lowest BCUT2D eigenvalue weighted by molar-refractivity contribution is 0.0600. The molecule has 0 aliphatic heterocycles. The molecule has 1 aromatic rings. The van der Waals surface area contributed by atoms with Crippen molar-refractivity contribution in [2.75, 3.05) is 14.2 Å². The van der Waals surface area contributed by atoms with Gasteiger partial charge in [-0.15, -0.1) is 0 Å². The molecule has 0 amide bonds. The van der Waals surface area contributed by atoms with Gasteiger partial charge in [-0.05, 0) is 37.6 Å². The normalized spacial score (nSPS) is 8.87. The van der Waals surface area contributed by atoms with Gasteiger partial charge in [0, 0.05) is 0 Å². The number of benzene rings is 1. The van der Waals surface area contributed by atoms with E-state index in [1.165, 1.54) is 19.7 Å². The Kier molecular flexibility index (Phi) is 6.38. The summed E-state index contributed by atoms with van der Waals surface area (Å²) in [4.78, 5) is 11.2. The molecule has 0 unspecified atom stereocenters. The molecule has 1 aromatic carbocycles. The van der Waals surface area contributed by atoms with Gasteiger partial charge in [-0.2, -0.15) is 0 Å². The molecule has 0 aliphatic rings. The Hall–Kier alpha value is -1.35. The predicted molar refractivity (Wildman–Crippen MR) is 62.0 cm³/mol. The van der Waals surface area contributed by atoms with E-state index in [4.69, 9.17) is 0 Å². The van der Waals surface area contributed by atoms with Crippen LogP contribution in [0.15, 0.2) is 18.2 Å². The Balaban J connectivity index is 0.000000921. The molecule has 2 N–H and O–H groups in total. The molecule has 0 bridgehead atoms. The first-order chi connectivity index (χ1) is 7.19. The number of carbonyl (C=O) groups excluding carboxylic acids is 1. The van der Waals surface area contributed by atoms with Gasteiger partial charge in [-0.25, -0.2) is 4.79 Å². The summed E-state index contributed by atoms with van der Waals surface area (Å²) in [5.74, 6) is -0.264. The highest BCUT2D eigenvalue weighted by molar-refractivity contribution is 5.90. The van der Waals surface area contributed by atoms with Crippen molar-refractivity contribution in [3.05, 3.63) is 34.9 Å². The lowest BCUT2D eigenvalue weighted by Gasteiger charge is -2.04. The highest BCUT2D eigenvalue weighted by atomic mass is 16.5. The highest BCUT2D eigenvalue weighted by Gasteiger charge is 2.08. The molecule has 0 radical (unpaired) electrons. The Morgan fingerprint density at radius 1 is 1.40 bits per heavy atom. The third-order valence-corrected chi connectivity index (χ3v) is 2.10. The Bertz CT molecular complexity index is 321. The number of rotatable bonds is 2. The molecule has 0 aliphatic carbocycles. The maximum absolute atomic E-state index is 11.2. The van der Waals surface area contributed by atoms with Gasteiger partial charge >= 0.3 is 5.97 Å². The second kappa shape index (κ2) is 7.01. The van der Waals surface area contributed by atoms with Gasteiger partial charge in [0.2, 0.25) is 0 Å². The van der Waals surface area contributed by atoms with E-state index in [1.807, 2.05) is 25.1 Å². The number of carbonyl (C=O) groups is 1. The third-order valence-electron chi connectivity index (χ3n) is 2.10. The van der Waals surface area contributed by atoms with Gasteiger partial charge in [0.25, 0.3) is 0 Å². The van der Waals surface area contributed by atoms with Gasteiger partial charge in [0.15, 0.2) is 0 Å². The minimum Gasteiger partial charge on any atom is -0.465 e. The first-order valence-electron chi connectivity index (χ1n) is 4.94. The van der Waals surface area contributed by atoms with Crippen LogP contribution in [0.1, 0.15) is 28.4 Å². The molecule has 0 saturated carbocycles. The summed E-state index contributed by atoms with van der Waals surface area (Å²) in [6.45, 7) is 4.01. The van der Waals surface area contributed by atoms with Crippen LogP contribution in [-0.4, -0.2) is 20.1 Å². The average Bonchev–Trinajstić information content (AvgIpc) is 2.30. The van der Waals surface area contributed by atoms with Gasteiger partial charge in [-0.3, -0.25) is 0 Å². The summed E-state index contributed by atoms with van der Waals surface area (Å²) in [6.07, 6.45) is 0.988. The van der Waals surface area contributed by atoms with Crippen LogP contribution in [0.3, 0.4) is 0 Å². The van der Waals surface area contributed by atoms with Crippen molar-refractivity contribution >= 4 is 5.97 Å². The lowest BCUT2D eigenvalue weighted by atomic mass is 10.0. The van der Waals surface area contributed by atoms with E-state index >= 15 is 0 Å². The minimum atomic E-state index is -0.264. The molecule has 0 aromatic heterocycles. The molecule has 15 heavy (non-hydrogen) atoms. The third kappa shape index (κ3) is 3.72. The number of ether oxygens (including phenoxy) is 1. The first-order valence-corrected chi connectivity index (χ1v) is 4.94. The number of hydrogen-bond donors (Lipinski definition) is 1. The summed E-state index contributed by atoms with van der Waals surface area (Å²) in [5, 5.41) is 0. The Morgan fingerprint density at radius 2 is 2.00 bits per heavy atom. The van der Waals surface area contributed by atoms with Crippen LogP contribution in [0.25, 0.3) is 0 Å². The highest BCUT2D eigenvalue weighted by Crippen LogP contribution is 2.12. The second-order valence-corrected chi connectivity index (χ2v) is 2.99. The van der Waals surface area contributed by atoms with Crippen molar-refractivity contribution in [1.82, 2.24) is 0 Å².